The molecule has 3 aromatic carbocycles. The molecule has 0 saturated carbocycles. The number of carbonyl (C=O) groups excluding carboxylic acids is 1. The Labute approximate surface area is 188 Å². The molecule has 5 nitrogen and oxygen atoms in total. The van der Waals surface area contributed by atoms with Gasteiger partial charge in [0, 0.05) is 0 Å². The van der Waals surface area contributed by atoms with E-state index in [4.69, 9.17) is 26.1 Å². The topological polar surface area (TPSA) is 51.7 Å². The molecule has 0 saturated heterocycles. The van der Waals surface area contributed by atoms with E-state index in [2.05, 4.69) is 0 Å². The average Bonchev–Trinajstić information content (AvgIpc) is 3.43. The van der Waals surface area contributed by atoms with Crippen molar-refractivity contribution in [1.82, 2.24) is 4.98 Å². The highest BCUT2D eigenvalue weighted by atomic mass is 35.5. The van der Waals surface area contributed by atoms with E-state index in [0.717, 1.165) is 26.9 Å². The molecule has 5 rings (SSSR count). The zero-order chi connectivity index (χ0) is 21.4. The second kappa shape index (κ2) is 8.21. The highest BCUT2D eigenvalue weighted by molar-refractivity contribution is 7.23. The van der Waals surface area contributed by atoms with Crippen LogP contribution in [0, 0.1) is 6.92 Å². The van der Waals surface area contributed by atoms with Gasteiger partial charge >= 0.3 is 0 Å². The van der Waals surface area contributed by atoms with Gasteiger partial charge in [-0.25, -0.2) is 4.98 Å². The van der Waals surface area contributed by atoms with Crippen LogP contribution in [-0.2, 0) is 17.8 Å². The summed E-state index contributed by atoms with van der Waals surface area (Å²) in [5.41, 5.74) is 3.76. The maximum absolute atomic E-state index is 13.5. The van der Waals surface area contributed by atoms with Crippen LogP contribution in [0.25, 0.3) is 10.2 Å². The van der Waals surface area contributed by atoms with Gasteiger partial charge in [0.15, 0.2) is 16.6 Å². The number of rotatable bonds is 5. The van der Waals surface area contributed by atoms with E-state index in [1.807, 2.05) is 67.6 Å². The number of ether oxygens (including phenoxy) is 2. The zero-order valence-electron chi connectivity index (χ0n) is 16.8. The predicted molar refractivity (Wildman–Crippen MR) is 123 cm³/mol. The van der Waals surface area contributed by atoms with Gasteiger partial charge in [0.1, 0.15) is 0 Å². The largest absolute Gasteiger partial charge is 0.454 e. The molecule has 0 bridgehead atoms. The quantitative estimate of drug-likeness (QED) is 0.387. The molecule has 1 amide bonds. The molecule has 0 unspecified atom stereocenters. The molecule has 0 fully saturated rings. The Hall–Kier alpha value is -3.09. The second-order valence-electron chi connectivity index (χ2n) is 7.37. The number of benzene rings is 3. The van der Waals surface area contributed by atoms with Crippen LogP contribution in [0.15, 0.2) is 60.7 Å². The molecule has 4 aromatic rings. The van der Waals surface area contributed by atoms with Crippen molar-refractivity contribution in [1.29, 1.82) is 0 Å². The number of halogens is 1. The van der Waals surface area contributed by atoms with E-state index in [-0.39, 0.29) is 19.1 Å². The summed E-state index contributed by atoms with van der Waals surface area (Å²) in [5, 5.41) is 1.29. The lowest BCUT2D eigenvalue weighted by Crippen LogP contribution is -2.31. The summed E-state index contributed by atoms with van der Waals surface area (Å²) in [6, 6.07) is 19.3. The third kappa shape index (κ3) is 3.96. The van der Waals surface area contributed by atoms with E-state index in [1.165, 1.54) is 11.3 Å². The Bertz CT molecular complexity index is 1230. The number of hydrogen-bond donors (Lipinski definition) is 0. The first-order valence-corrected chi connectivity index (χ1v) is 11.1. The molecule has 1 aliphatic heterocycles. The van der Waals surface area contributed by atoms with Crippen LogP contribution in [0.5, 0.6) is 11.5 Å². The Morgan fingerprint density at radius 1 is 1.06 bits per heavy atom. The zero-order valence-corrected chi connectivity index (χ0v) is 18.4. The van der Waals surface area contributed by atoms with Crippen LogP contribution in [0.1, 0.15) is 16.7 Å². The molecule has 0 radical (unpaired) electrons. The van der Waals surface area contributed by atoms with Gasteiger partial charge in [0.05, 0.1) is 28.2 Å². The number of amides is 1. The normalized spacial score (nSPS) is 12.3. The fraction of sp³-hybridized carbons (Fsp3) is 0.167. The lowest BCUT2D eigenvalue weighted by molar-refractivity contribution is -0.118. The number of hydrogen-bond acceptors (Lipinski definition) is 5. The van der Waals surface area contributed by atoms with Crippen molar-refractivity contribution in [3.8, 4) is 11.5 Å². The highest BCUT2D eigenvalue weighted by Gasteiger charge is 2.23. The van der Waals surface area contributed by atoms with Crippen molar-refractivity contribution < 1.29 is 14.3 Å². The molecule has 1 aromatic heterocycles. The minimum atomic E-state index is -0.0458. The van der Waals surface area contributed by atoms with Crippen LogP contribution in [0.4, 0.5) is 5.13 Å². The smallest absolute Gasteiger partial charge is 0.233 e. The lowest BCUT2D eigenvalue weighted by Gasteiger charge is -2.20. The molecule has 1 aliphatic rings. The average molecular weight is 451 g/mol. The van der Waals surface area contributed by atoms with Gasteiger partial charge in [-0.15, -0.1) is 0 Å². The molecular weight excluding hydrogens is 432 g/mol. The summed E-state index contributed by atoms with van der Waals surface area (Å²) in [7, 11) is 0. The molecule has 0 spiro atoms. The fourth-order valence-corrected chi connectivity index (χ4v) is 4.89. The fourth-order valence-electron chi connectivity index (χ4n) is 3.56. The second-order valence-corrected chi connectivity index (χ2v) is 8.75. The molecular formula is C24H19ClN2O3S. The molecule has 2 heterocycles. The minimum absolute atomic E-state index is 0.0458. The Morgan fingerprint density at radius 2 is 1.87 bits per heavy atom. The van der Waals surface area contributed by atoms with Crippen LogP contribution in [0.3, 0.4) is 0 Å². The highest BCUT2D eigenvalue weighted by Crippen LogP contribution is 2.37. The summed E-state index contributed by atoms with van der Waals surface area (Å²) in [6.45, 7) is 2.64. The Morgan fingerprint density at radius 3 is 2.68 bits per heavy atom. The molecule has 156 valence electrons. The van der Waals surface area contributed by atoms with Gasteiger partial charge in [-0.1, -0.05) is 65.4 Å². The number of carbonyl (C=O) groups is 1. The van der Waals surface area contributed by atoms with Crippen molar-refractivity contribution in [3.05, 3.63) is 82.4 Å². The third-order valence-corrected chi connectivity index (χ3v) is 6.73. The van der Waals surface area contributed by atoms with Crippen molar-refractivity contribution in [2.24, 2.45) is 0 Å². The minimum Gasteiger partial charge on any atom is -0.454 e. The number of aromatic nitrogens is 1. The summed E-state index contributed by atoms with van der Waals surface area (Å²) in [5.74, 6) is 1.33. The van der Waals surface area contributed by atoms with Crippen LogP contribution in [0.2, 0.25) is 5.02 Å². The van der Waals surface area contributed by atoms with Gasteiger partial charge < -0.3 is 9.47 Å². The van der Waals surface area contributed by atoms with Crippen LogP contribution >= 0.6 is 22.9 Å². The molecule has 0 N–H and O–H groups in total. The number of fused-ring (bicyclic) bond motifs is 2. The Kier molecular flexibility index (Phi) is 5.26. The summed E-state index contributed by atoms with van der Waals surface area (Å²) in [4.78, 5) is 20.0. The third-order valence-electron chi connectivity index (χ3n) is 5.19. The first kappa shape index (κ1) is 19.8. The van der Waals surface area contributed by atoms with Gasteiger partial charge in [-0.05, 0) is 41.8 Å². The van der Waals surface area contributed by atoms with E-state index >= 15 is 0 Å². The standard InChI is InChI=1S/C24H19ClN2O3S/c1-15-7-9-18(25)23-22(15)26-24(31-23)27(13-16-5-3-2-4-6-16)21(28)12-17-8-10-19-20(11-17)30-14-29-19/h2-11H,12-14H2,1H3. The van der Waals surface area contributed by atoms with Gasteiger partial charge in [0.2, 0.25) is 12.7 Å². The monoisotopic (exact) mass is 450 g/mol. The molecule has 0 aliphatic carbocycles. The maximum atomic E-state index is 13.5. The van der Waals surface area contributed by atoms with Crippen molar-refractivity contribution in [2.75, 3.05) is 11.7 Å². The lowest BCUT2D eigenvalue weighted by atomic mass is 10.1. The van der Waals surface area contributed by atoms with Crippen molar-refractivity contribution in [2.45, 2.75) is 19.9 Å². The van der Waals surface area contributed by atoms with Gasteiger partial charge in [-0.3, -0.25) is 9.69 Å². The predicted octanol–water partition coefficient (Wildman–Crippen LogP) is 5.76. The maximum Gasteiger partial charge on any atom is 0.233 e. The van der Waals surface area contributed by atoms with Crippen molar-refractivity contribution >= 4 is 44.2 Å². The number of anilines is 1. The number of thiazole rings is 1. The first-order chi connectivity index (χ1) is 15.1. The first-order valence-electron chi connectivity index (χ1n) is 9.87. The van der Waals surface area contributed by atoms with Crippen LogP contribution in [-0.4, -0.2) is 17.7 Å². The number of aryl methyl sites for hydroxylation is 1. The van der Waals surface area contributed by atoms with E-state index in [1.54, 1.807) is 4.90 Å². The van der Waals surface area contributed by atoms with E-state index in [9.17, 15) is 4.79 Å². The van der Waals surface area contributed by atoms with E-state index in [0.29, 0.717) is 28.2 Å². The summed E-state index contributed by atoms with van der Waals surface area (Å²) >= 11 is 7.85. The van der Waals surface area contributed by atoms with E-state index < -0.39 is 0 Å². The summed E-state index contributed by atoms with van der Waals surface area (Å²) < 4.78 is 11.7. The SMILES string of the molecule is Cc1ccc(Cl)c2sc(N(Cc3ccccc3)C(=O)Cc3ccc4c(c3)OCO4)nc12. The molecule has 0 atom stereocenters. The summed E-state index contributed by atoms with van der Waals surface area (Å²) in [6.07, 6.45) is 0.228. The van der Waals surface area contributed by atoms with Gasteiger partial charge in [0.25, 0.3) is 0 Å². The van der Waals surface area contributed by atoms with Gasteiger partial charge in [-0.2, -0.15) is 0 Å². The molecule has 31 heavy (non-hydrogen) atoms. The van der Waals surface area contributed by atoms with Crippen LogP contribution < -0.4 is 14.4 Å². The number of nitrogens with zero attached hydrogens (tertiary/aromatic N) is 2. The Balaban J connectivity index is 1.50. The van der Waals surface area contributed by atoms with Crippen molar-refractivity contribution in [3.63, 3.8) is 0 Å². The molecule has 7 heteroatoms.